The van der Waals surface area contributed by atoms with E-state index >= 15 is 0 Å². The van der Waals surface area contributed by atoms with Crippen LogP contribution in [0.3, 0.4) is 0 Å². The van der Waals surface area contributed by atoms with E-state index in [4.69, 9.17) is 14.2 Å². The molecule has 1 aliphatic rings. The Morgan fingerprint density at radius 2 is 1.56 bits per heavy atom. The summed E-state index contributed by atoms with van der Waals surface area (Å²) in [6.07, 6.45) is 1.50. The summed E-state index contributed by atoms with van der Waals surface area (Å²) in [6, 6.07) is 37.5. The Morgan fingerprint density at radius 1 is 0.800 bits per heavy atom. The molecule has 6 rings (SSSR count). The Kier molecular flexibility index (Phi) is 10.0. The minimum atomic E-state index is -0.641. The highest BCUT2D eigenvalue weighted by Gasteiger charge is 2.32. The predicted molar refractivity (Wildman–Crippen MR) is 175 cm³/mol. The summed E-state index contributed by atoms with van der Waals surface area (Å²) in [6.45, 7) is -0.0117. The van der Waals surface area contributed by atoms with Gasteiger partial charge in [-0.25, -0.2) is 9.78 Å². The number of nitrogens with one attached hydrogen (secondary N) is 2. The van der Waals surface area contributed by atoms with Crippen LogP contribution in [0.15, 0.2) is 133 Å². The molecular weight excluding hydrogens is 586 g/mol. The van der Waals surface area contributed by atoms with E-state index in [1.54, 1.807) is 42.2 Å². The van der Waals surface area contributed by atoms with Gasteiger partial charge in [0.15, 0.2) is 6.29 Å². The molecule has 45 heavy (non-hydrogen) atoms. The van der Waals surface area contributed by atoms with Gasteiger partial charge in [0.1, 0.15) is 11.5 Å². The molecule has 2 amide bonds. The van der Waals surface area contributed by atoms with E-state index in [-0.39, 0.29) is 24.8 Å². The fraction of sp³-hybridized carbons (Fsp3) is 0.167. The summed E-state index contributed by atoms with van der Waals surface area (Å²) in [5, 5.41) is 16.2. The number of aliphatic hydroxyl groups excluding tert-OH is 1. The van der Waals surface area contributed by atoms with Crippen molar-refractivity contribution in [3.63, 3.8) is 0 Å². The highest BCUT2D eigenvalue weighted by Crippen LogP contribution is 2.39. The molecule has 9 heteroatoms. The second kappa shape index (κ2) is 14.9. The summed E-state index contributed by atoms with van der Waals surface area (Å²) in [5.74, 6) is 2.12. The normalized spacial score (nSPS) is 17.8. The first-order chi connectivity index (χ1) is 22.1. The van der Waals surface area contributed by atoms with Gasteiger partial charge in [0.25, 0.3) is 0 Å². The molecule has 228 valence electrons. The number of hydrogen-bond donors (Lipinski definition) is 3. The lowest BCUT2D eigenvalue weighted by atomic mass is 10.0. The summed E-state index contributed by atoms with van der Waals surface area (Å²) >= 11 is 1.64. The number of ether oxygens (including phenoxy) is 3. The SMILES string of the molecule is O=C(Nc1ccc(Oc2ccccc2)cc1)Nc1cccc(C2OC(CSc3ccccn3)CC(c3ccc(CO)cc3)O2)c1. The minimum Gasteiger partial charge on any atom is -0.457 e. The van der Waals surface area contributed by atoms with Crippen molar-refractivity contribution in [3.05, 3.63) is 144 Å². The molecule has 1 saturated heterocycles. The van der Waals surface area contributed by atoms with Gasteiger partial charge in [-0.05, 0) is 71.8 Å². The molecule has 1 aliphatic heterocycles. The number of rotatable bonds is 10. The number of para-hydroxylation sites is 1. The number of pyridine rings is 1. The second-order valence-corrected chi connectivity index (χ2v) is 11.5. The lowest BCUT2D eigenvalue weighted by Crippen LogP contribution is -2.31. The maximum atomic E-state index is 12.9. The van der Waals surface area contributed by atoms with Gasteiger partial charge < -0.3 is 30.0 Å². The number of carbonyl (C=O) groups excluding carboxylic acids is 1. The van der Waals surface area contributed by atoms with Gasteiger partial charge in [0.2, 0.25) is 0 Å². The van der Waals surface area contributed by atoms with E-state index in [1.165, 1.54) is 0 Å². The molecule has 0 radical (unpaired) electrons. The van der Waals surface area contributed by atoms with E-state index in [0.717, 1.165) is 27.5 Å². The first kappa shape index (κ1) is 30.4. The standard InChI is InChI=1S/C36H33N3O5S/c40-23-25-12-14-26(15-13-25)33-22-32(24-45-34-11-4-5-20-37-34)43-35(44-33)27-7-6-8-29(21-27)39-36(41)38-28-16-18-31(19-17-28)42-30-9-2-1-3-10-30/h1-21,32-33,35,40H,22-24H2,(H2,38,39,41). The van der Waals surface area contributed by atoms with E-state index in [9.17, 15) is 9.90 Å². The smallest absolute Gasteiger partial charge is 0.323 e. The Hall–Kier alpha value is -4.67. The van der Waals surface area contributed by atoms with Crippen molar-refractivity contribution in [1.29, 1.82) is 0 Å². The molecule has 0 aliphatic carbocycles. The number of benzene rings is 4. The van der Waals surface area contributed by atoms with Crippen molar-refractivity contribution in [1.82, 2.24) is 4.98 Å². The van der Waals surface area contributed by atoms with E-state index in [2.05, 4.69) is 15.6 Å². The van der Waals surface area contributed by atoms with Gasteiger partial charge >= 0.3 is 6.03 Å². The van der Waals surface area contributed by atoms with E-state index < -0.39 is 6.29 Å². The van der Waals surface area contributed by atoms with Crippen molar-refractivity contribution < 1.29 is 24.1 Å². The number of urea groups is 1. The zero-order valence-electron chi connectivity index (χ0n) is 24.4. The number of thioether (sulfide) groups is 1. The lowest BCUT2D eigenvalue weighted by molar-refractivity contribution is -0.245. The zero-order chi connectivity index (χ0) is 30.8. The Bertz CT molecular complexity index is 1670. The largest absolute Gasteiger partial charge is 0.457 e. The Balaban J connectivity index is 1.11. The molecule has 0 saturated carbocycles. The zero-order valence-corrected chi connectivity index (χ0v) is 25.2. The van der Waals surface area contributed by atoms with Gasteiger partial charge in [0.05, 0.1) is 23.8 Å². The van der Waals surface area contributed by atoms with Crippen LogP contribution in [0.2, 0.25) is 0 Å². The summed E-state index contributed by atoms with van der Waals surface area (Å²) in [5.41, 5.74) is 3.89. The van der Waals surface area contributed by atoms with Crippen molar-refractivity contribution in [2.45, 2.75) is 36.6 Å². The fourth-order valence-electron chi connectivity index (χ4n) is 4.92. The summed E-state index contributed by atoms with van der Waals surface area (Å²) in [7, 11) is 0. The molecule has 0 spiro atoms. The summed E-state index contributed by atoms with van der Waals surface area (Å²) in [4.78, 5) is 17.3. The van der Waals surface area contributed by atoms with Crippen molar-refractivity contribution in [2.75, 3.05) is 16.4 Å². The predicted octanol–water partition coefficient (Wildman–Crippen LogP) is 8.35. The molecule has 3 N–H and O–H groups in total. The van der Waals surface area contributed by atoms with Crippen LogP contribution in [0.25, 0.3) is 0 Å². The van der Waals surface area contributed by atoms with Crippen LogP contribution in [0, 0.1) is 0 Å². The molecule has 2 heterocycles. The average Bonchev–Trinajstić information content (AvgIpc) is 3.09. The van der Waals surface area contributed by atoms with Crippen LogP contribution in [-0.4, -0.2) is 28.0 Å². The van der Waals surface area contributed by atoms with Gasteiger partial charge in [-0.1, -0.05) is 60.7 Å². The van der Waals surface area contributed by atoms with Crippen LogP contribution >= 0.6 is 11.8 Å². The molecule has 8 nitrogen and oxygen atoms in total. The van der Waals surface area contributed by atoms with Crippen LogP contribution in [0.1, 0.15) is 35.5 Å². The maximum absolute atomic E-state index is 12.9. The molecule has 3 unspecified atom stereocenters. The van der Waals surface area contributed by atoms with E-state index in [1.807, 2.05) is 97.1 Å². The maximum Gasteiger partial charge on any atom is 0.323 e. The number of aromatic nitrogens is 1. The average molecular weight is 620 g/mol. The first-order valence-corrected chi connectivity index (χ1v) is 15.7. The van der Waals surface area contributed by atoms with Crippen LogP contribution < -0.4 is 15.4 Å². The molecule has 1 aromatic heterocycles. The fourth-order valence-corrected chi connectivity index (χ4v) is 5.80. The molecule has 0 bridgehead atoms. The van der Waals surface area contributed by atoms with Gasteiger partial charge in [-0.3, -0.25) is 0 Å². The molecule has 3 atom stereocenters. The highest BCUT2D eigenvalue weighted by molar-refractivity contribution is 7.99. The first-order valence-electron chi connectivity index (χ1n) is 14.7. The molecule has 4 aromatic carbocycles. The second-order valence-electron chi connectivity index (χ2n) is 10.5. The van der Waals surface area contributed by atoms with E-state index in [0.29, 0.717) is 29.3 Å². The number of anilines is 2. The Labute approximate surface area is 266 Å². The van der Waals surface area contributed by atoms with Gasteiger partial charge in [0, 0.05) is 35.3 Å². The minimum absolute atomic E-state index is 0.0117. The van der Waals surface area contributed by atoms with Crippen molar-refractivity contribution in [2.24, 2.45) is 0 Å². The molecular formula is C36H33N3O5S. The van der Waals surface area contributed by atoms with Gasteiger partial charge in [-0.15, -0.1) is 11.8 Å². The quantitative estimate of drug-likeness (QED) is 0.135. The summed E-state index contributed by atoms with van der Waals surface area (Å²) < 4.78 is 18.8. The van der Waals surface area contributed by atoms with Crippen LogP contribution in [-0.2, 0) is 16.1 Å². The lowest BCUT2D eigenvalue weighted by Gasteiger charge is -2.36. The van der Waals surface area contributed by atoms with Crippen LogP contribution in [0.5, 0.6) is 11.5 Å². The molecule has 5 aromatic rings. The van der Waals surface area contributed by atoms with Crippen molar-refractivity contribution >= 4 is 29.2 Å². The topological polar surface area (TPSA) is 102 Å². The monoisotopic (exact) mass is 619 g/mol. The third kappa shape index (κ3) is 8.49. The van der Waals surface area contributed by atoms with Gasteiger partial charge in [-0.2, -0.15) is 0 Å². The molecule has 1 fully saturated rings. The highest BCUT2D eigenvalue weighted by atomic mass is 32.2. The Morgan fingerprint density at radius 3 is 2.31 bits per heavy atom. The number of nitrogens with zero attached hydrogens (tertiary/aromatic N) is 1. The van der Waals surface area contributed by atoms with Crippen LogP contribution in [0.4, 0.5) is 16.2 Å². The third-order valence-electron chi connectivity index (χ3n) is 7.18. The van der Waals surface area contributed by atoms with Crippen molar-refractivity contribution in [3.8, 4) is 11.5 Å². The number of carbonyl (C=O) groups is 1. The third-order valence-corrected chi connectivity index (χ3v) is 8.25. The number of hydrogen-bond acceptors (Lipinski definition) is 7. The number of amides is 2. The number of aliphatic hydroxyl groups is 1.